The largest absolute Gasteiger partial charge is 0.464 e. The Kier molecular flexibility index (Phi) is 9.66. The van der Waals surface area contributed by atoms with Crippen molar-refractivity contribution in [1.82, 2.24) is 5.32 Å². The summed E-state index contributed by atoms with van der Waals surface area (Å²) in [5.41, 5.74) is 1.90. The standard InChI is InChI=1S/C32H45NO8Si/c1-8-38-30(37)23(33-29(36)22-12-10-9-11-13-22)18-20-14-16-21(17-15-20)27-25(34)26(35)28-24(40-27)19-39-42(41-28,31(2,3)4)32(5,6)7/h9-17,23-28,34-35H,8,18-19H2,1-7H3,(H,33,36)/t23-,24+,25-,26+,27+,28+/m0/s1. The summed E-state index contributed by atoms with van der Waals surface area (Å²) in [4.78, 5) is 25.4. The quantitative estimate of drug-likeness (QED) is 0.320. The van der Waals surface area contributed by atoms with Crippen LogP contribution in [0.25, 0.3) is 0 Å². The number of aliphatic hydroxyl groups excluding tert-OH is 2. The average molecular weight is 600 g/mol. The molecule has 230 valence electrons. The number of fused-ring (bicyclic) bond motifs is 1. The lowest BCUT2D eigenvalue weighted by atomic mass is 9.90. The second kappa shape index (κ2) is 12.6. The van der Waals surface area contributed by atoms with Crippen molar-refractivity contribution in [2.45, 2.75) is 102 Å². The lowest BCUT2D eigenvalue weighted by molar-refractivity contribution is -0.246. The highest BCUT2D eigenvalue weighted by molar-refractivity contribution is 6.73. The van der Waals surface area contributed by atoms with E-state index in [0.717, 1.165) is 5.56 Å². The number of benzene rings is 2. The first kappa shape index (κ1) is 32.3. The lowest BCUT2D eigenvalue weighted by Gasteiger charge is -2.57. The van der Waals surface area contributed by atoms with Gasteiger partial charge in [-0.15, -0.1) is 0 Å². The van der Waals surface area contributed by atoms with Crippen LogP contribution in [-0.2, 0) is 29.5 Å². The van der Waals surface area contributed by atoms with Crippen LogP contribution in [0.15, 0.2) is 54.6 Å². The summed E-state index contributed by atoms with van der Waals surface area (Å²) in [5.74, 6) is -0.886. The molecule has 4 rings (SSSR count). The molecule has 2 aromatic carbocycles. The maximum atomic E-state index is 12.7. The number of nitrogens with one attached hydrogen (secondary N) is 1. The molecule has 0 radical (unpaired) electrons. The van der Waals surface area contributed by atoms with Gasteiger partial charge in [-0.25, -0.2) is 4.79 Å². The molecule has 1 amide bonds. The number of hydrogen-bond acceptors (Lipinski definition) is 8. The van der Waals surface area contributed by atoms with Gasteiger partial charge >= 0.3 is 14.5 Å². The van der Waals surface area contributed by atoms with E-state index < -0.39 is 51.1 Å². The molecule has 0 saturated carbocycles. The van der Waals surface area contributed by atoms with Crippen molar-refractivity contribution >= 4 is 20.4 Å². The van der Waals surface area contributed by atoms with E-state index in [-0.39, 0.29) is 35.6 Å². The van der Waals surface area contributed by atoms with E-state index in [9.17, 15) is 19.8 Å². The molecule has 42 heavy (non-hydrogen) atoms. The van der Waals surface area contributed by atoms with Gasteiger partial charge < -0.3 is 33.9 Å². The van der Waals surface area contributed by atoms with Crippen molar-refractivity contribution in [3.8, 4) is 0 Å². The van der Waals surface area contributed by atoms with Gasteiger partial charge in [-0.3, -0.25) is 4.79 Å². The van der Waals surface area contributed by atoms with E-state index in [2.05, 4.69) is 46.9 Å². The molecule has 2 saturated heterocycles. The highest BCUT2D eigenvalue weighted by Gasteiger charge is 2.64. The molecule has 0 spiro atoms. The summed E-state index contributed by atoms with van der Waals surface area (Å²) in [6.07, 6.45) is -4.19. The third-order valence-corrected chi connectivity index (χ3v) is 13.2. The fraction of sp³-hybridized carbons (Fsp3) is 0.562. The van der Waals surface area contributed by atoms with Crippen molar-refractivity contribution in [1.29, 1.82) is 0 Å². The van der Waals surface area contributed by atoms with Crippen LogP contribution in [0.1, 0.15) is 76.1 Å². The normalized spacial score (nSPS) is 26.5. The van der Waals surface area contributed by atoms with E-state index >= 15 is 0 Å². The van der Waals surface area contributed by atoms with E-state index in [1.807, 2.05) is 18.2 Å². The first-order valence-electron chi connectivity index (χ1n) is 14.6. The first-order chi connectivity index (χ1) is 19.7. The zero-order valence-electron chi connectivity index (χ0n) is 25.6. The maximum Gasteiger partial charge on any atom is 0.349 e. The van der Waals surface area contributed by atoms with Gasteiger partial charge in [0.05, 0.1) is 13.2 Å². The number of aliphatic hydroxyl groups is 2. The van der Waals surface area contributed by atoms with E-state index in [4.69, 9.17) is 18.3 Å². The highest BCUT2D eigenvalue weighted by Crippen LogP contribution is 2.55. The number of amides is 1. The SMILES string of the molecule is CCOC(=O)[C@H](Cc1ccc([C@H]2O[C@@H]3CO[Si](C(C)(C)C)(C(C)(C)C)O[C@H]3[C@H](O)[C@@H]2O)cc1)NC(=O)c1ccccc1. The summed E-state index contributed by atoms with van der Waals surface area (Å²) in [6.45, 7) is 14.8. The second-order valence-electron chi connectivity index (χ2n) is 13.2. The third kappa shape index (κ3) is 6.49. The van der Waals surface area contributed by atoms with Gasteiger partial charge in [-0.2, -0.15) is 0 Å². The topological polar surface area (TPSA) is 124 Å². The second-order valence-corrected chi connectivity index (χ2v) is 17.9. The molecule has 3 N–H and O–H groups in total. The minimum atomic E-state index is -2.86. The van der Waals surface area contributed by atoms with Crippen molar-refractivity contribution in [3.63, 3.8) is 0 Å². The fourth-order valence-electron chi connectivity index (χ4n) is 6.18. The third-order valence-electron chi connectivity index (χ3n) is 8.07. The predicted molar refractivity (Wildman–Crippen MR) is 160 cm³/mol. The van der Waals surface area contributed by atoms with E-state index in [0.29, 0.717) is 11.1 Å². The van der Waals surface area contributed by atoms with Crippen molar-refractivity contribution in [2.24, 2.45) is 0 Å². The van der Waals surface area contributed by atoms with Crippen molar-refractivity contribution in [3.05, 3.63) is 71.3 Å². The zero-order valence-corrected chi connectivity index (χ0v) is 26.6. The number of hydrogen-bond donors (Lipinski definition) is 3. The Balaban J connectivity index is 1.48. The molecule has 0 bridgehead atoms. The molecule has 2 aliphatic rings. The zero-order chi connectivity index (χ0) is 30.9. The molecule has 0 aliphatic carbocycles. The van der Waals surface area contributed by atoms with Crippen molar-refractivity contribution in [2.75, 3.05) is 13.2 Å². The molecule has 0 aromatic heterocycles. The van der Waals surface area contributed by atoms with Gasteiger partial charge in [0.25, 0.3) is 5.91 Å². The predicted octanol–water partition coefficient (Wildman–Crippen LogP) is 4.21. The molecule has 9 nitrogen and oxygen atoms in total. The van der Waals surface area contributed by atoms with Gasteiger partial charge in [0, 0.05) is 22.1 Å². The fourth-order valence-corrected chi connectivity index (χ4v) is 11.1. The van der Waals surface area contributed by atoms with Crippen LogP contribution in [0.4, 0.5) is 0 Å². The number of esters is 1. The van der Waals surface area contributed by atoms with Crippen LogP contribution in [0, 0.1) is 0 Å². The maximum absolute atomic E-state index is 12.7. The Labute approximate surface area is 249 Å². The first-order valence-corrected chi connectivity index (χ1v) is 16.4. The number of carbonyl (C=O) groups is 2. The summed E-state index contributed by atoms with van der Waals surface area (Å²) >= 11 is 0. The molecule has 2 aliphatic heterocycles. The van der Waals surface area contributed by atoms with Crippen LogP contribution in [-0.4, -0.2) is 74.3 Å². The Hall–Kier alpha value is -2.60. The minimum absolute atomic E-state index is 0.194. The van der Waals surface area contributed by atoms with E-state index in [1.165, 1.54) is 0 Å². The molecule has 2 fully saturated rings. The van der Waals surface area contributed by atoms with Crippen molar-refractivity contribution < 1.29 is 38.1 Å². The van der Waals surface area contributed by atoms with Crippen LogP contribution in [0.2, 0.25) is 10.1 Å². The van der Waals surface area contributed by atoms with Gasteiger partial charge in [-0.1, -0.05) is 84.0 Å². The molecular formula is C32H45NO8Si. The van der Waals surface area contributed by atoms with Gasteiger partial charge in [0.15, 0.2) is 0 Å². The van der Waals surface area contributed by atoms with Crippen LogP contribution < -0.4 is 5.32 Å². The van der Waals surface area contributed by atoms with Gasteiger partial charge in [0.2, 0.25) is 0 Å². The summed E-state index contributed by atoms with van der Waals surface area (Å²) < 4.78 is 24.7. The molecular weight excluding hydrogens is 554 g/mol. The monoisotopic (exact) mass is 599 g/mol. The molecule has 0 unspecified atom stereocenters. The number of rotatable bonds is 7. The number of carbonyl (C=O) groups excluding carboxylic acids is 2. The summed E-state index contributed by atoms with van der Waals surface area (Å²) in [7, 11) is -2.86. The Morgan fingerprint density at radius 1 is 0.976 bits per heavy atom. The smallest absolute Gasteiger partial charge is 0.349 e. The van der Waals surface area contributed by atoms with Gasteiger partial charge in [-0.05, 0) is 30.2 Å². The minimum Gasteiger partial charge on any atom is -0.464 e. The molecule has 10 heteroatoms. The summed E-state index contributed by atoms with van der Waals surface area (Å²) in [5, 5.41) is 24.7. The van der Waals surface area contributed by atoms with Crippen LogP contribution in [0.3, 0.4) is 0 Å². The Bertz CT molecular complexity index is 1210. The lowest BCUT2D eigenvalue weighted by Crippen LogP contribution is -2.70. The Morgan fingerprint density at radius 3 is 2.17 bits per heavy atom. The molecule has 2 aromatic rings. The van der Waals surface area contributed by atoms with E-state index in [1.54, 1.807) is 43.3 Å². The molecule has 6 atom stereocenters. The molecule has 2 heterocycles. The van der Waals surface area contributed by atoms with Crippen LogP contribution in [0.5, 0.6) is 0 Å². The highest BCUT2D eigenvalue weighted by atomic mass is 28.4. The summed E-state index contributed by atoms with van der Waals surface area (Å²) in [6, 6.07) is 15.0. The Morgan fingerprint density at radius 2 is 1.60 bits per heavy atom. The average Bonchev–Trinajstić information content (AvgIpc) is 2.94. The number of ether oxygens (including phenoxy) is 2. The van der Waals surface area contributed by atoms with Gasteiger partial charge in [0.1, 0.15) is 36.6 Å². The van der Waals surface area contributed by atoms with Crippen LogP contribution >= 0.6 is 0 Å².